The van der Waals surface area contributed by atoms with Gasteiger partial charge in [-0.1, -0.05) is 32.0 Å². The topological polar surface area (TPSA) is 84.3 Å². The number of nitrogens with one attached hydrogen (secondary N) is 1. The van der Waals surface area contributed by atoms with Crippen LogP contribution in [0.1, 0.15) is 47.8 Å². The first-order valence-electron chi connectivity index (χ1n) is 10.9. The van der Waals surface area contributed by atoms with Crippen molar-refractivity contribution in [2.75, 3.05) is 16.2 Å². The molecule has 3 aromatic rings. The van der Waals surface area contributed by atoms with Gasteiger partial charge in [-0.3, -0.25) is 13.8 Å². The van der Waals surface area contributed by atoms with E-state index in [9.17, 15) is 13.2 Å². The summed E-state index contributed by atoms with van der Waals surface area (Å²) in [5.41, 5.74) is 4.97. The molecule has 0 fully saturated rings. The van der Waals surface area contributed by atoms with E-state index in [2.05, 4.69) is 24.3 Å². The van der Waals surface area contributed by atoms with Gasteiger partial charge < -0.3 is 5.32 Å². The van der Waals surface area contributed by atoms with Gasteiger partial charge in [0.05, 0.1) is 17.1 Å². The first kappa shape index (κ1) is 24.5. The zero-order valence-electron chi connectivity index (χ0n) is 20.3. The van der Waals surface area contributed by atoms with Crippen molar-refractivity contribution in [1.29, 1.82) is 0 Å². The Kier molecular flexibility index (Phi) is 6.97. The van der Waals surface area contributed by atoms with Crippen LogP contribution >= 0.6 is 0 Å². The number of rotatable bonds is 7. The van der Waals surface area contributed by atoms with Crippen molar-refractivity contribution in [2.45, 2.75) is 52.4 Å². The molecule has 1 heterocycles. The summed E-state index contributed by atoms with van der Waals surface area (Å²) < 4.78 is 30.3. The molecule has 8 heteroatoms. The Morgan fingerprint density at radius 3 is 2.09 bits per heavy atom. The number of hydrogen-bond donors (Lipinski definition) is 1. The van der Waals surface area contributed by atoms with Gasteiger partial charge >= 0.3 is 0 Å². The normalized spacial score (nSPS) is 11.6. The zero-order valence-corrected chi connectivity index (χ0v) is 21.1. The van der Waals surface area contributed by atoms with E-state index in [0.717, 1.165) is 16.7 Å². The minimum absolute atomic E-state index is 0.123. The van der Waals surface area contributed by atoms with Crippen LogP contribution in [0, 0.1) is 27.7 Å². The van der Waals surface area contributed by atoms with Crippen LogP contribution in [0.4, 0.5) is 11.4 Å². The lowest BCUT2D eigenvalue weighted by Gasteiger charge is -2.25. The molecule has 0 atom stereocenters. The zero-order chi connectivity index (χ0) is 24.5. The molecule has 1 N–H and O–H groups in total. The molecule has 0 spiro atoms. The molecule has 1 amide bonds. The third kappa shape index (κ3) is 5.27. The maximum absolute atomic E-state index is 13.8. The van der Waals surface area contributed by atoms with Crippen molar-refractivity contribution in [3.8, 4) is 0 Å². The van der Waals surface area contributed by atoms with Crippen molar-refractivity contribution in [2.24, 2.45) is 7.05 Å². The van der Waals surface area contributed by atoms with E-state index in [1.165, 1.54) is 8.99 Å². The van der Waals surface area contributed by atoms with Gasteiger partial charge in [0.25, 0.3) is 10.0 Å². The van der Waals surface area contributed by atoms with Gasteiger partial charge in [-0.05, 0) is 74.6 Å². The van der Waals surface area contributed by atoms with Crippen LogP contribution in [0.5, 0.6) is 0 Å². The van der Waals surface area contributed by atoms with Crippen LogP contribution in [0.25, 0.3) is 0 Å². The van der Waals surface area contributed by atoms with E-state index in [1.54, 1.807) is 33.0 Å². The summed E-state index contributed by atoms with van der Waals surface area (Å²) in [6, 6.07) is 13.1. The lowest BCUT2D eigenvalue weighted by atomic mass is 10.0. The standard InChI is InChI=1S/C25H32N4O3S/c1-16(2)21-8-10-22(11-9-21)26-24(30)15-29(23-13-17(3)12-18(4)14-23)33(31,32)25-19(5)27-28(7)20(25)6/h8-14,16H,15H2,1-7H3,(H,26,30). The number of amides is 1. The second kappa shape index (κ2) is 9.39. The summed E-state index contributed by atoms with van der Waals surface area (Å²) >= 11 is 0. The SMILES string of the molecule is Cc1cc(C)cc(N(CC(=O)Nc2ccc(C(C)C)cc2)S(=O)(=O)c2c(C)nn(C)c2C)c1. The molecule has 3 rings (SSSR count). The molecule has 0 bridgehead atoms. The Bertz CT molecular complexity index is 1260. The fraction of sp³-hybridized carbons (Fsp3) is 0.360. The number of aromatic nitrogens is 2. The molecule has 0 aliphatic rings. The quantitative estimate of drug-likeness (QED) is 0.549. The second-order valence-corrected chi connectivity index (χ2v) is 10.6. The fourth-order valence-corrected chi connectivity index (χ4v) is 5.74. The average Bonchev–Trinajstić information content (AvgIpc) is 2.97. The maximum Gasteiger partial charge on any atom is 0.268 e. The number of carbonyl (C=O) groups excluding carboxylic acids is 1. The monoisotopic (exact) mass is 468 g/mol. The van der Waals surface area contributed by atoms with Gasteiger partial charge in [0, 0.05) is 12.7 Å². The molecule has 0 unspecified atom stereocenters. The molecule has 7 nitrogen and oxygen atoms in total. The lowest BCUT2D eigenvalue weighted by molar-refractivity contribution is -0.114. The molecule has 0 radical (unpaired) electrons. The van der Waals surface area contributed by atoms with Gasteiger partial charge in [-0.15, -0.1) is 0 Å². The minimum atomic E-state index is -4.04. The van der Waals surface area contributed by atoms with Gasteiger partial charge in [0.1, 0.15) is 11.4 Å². The van der Waals surface area contributed by atoms with Crippen LogP contribution in [-0.2, 0) is 21.9 Å². The number of aryl methyl sites for hydroxylation is 4. The van der Waals surface area contributed by atoms with E-state index in [4.69, 9.17) is 0 Å². The van der Waals surface area contributed by atoms with E-state index in [0.29, 0.717) is 28.7 Å². The van der Waals surface area contributed by atoms with Crippen molar-refractivity contribution >= 4 is 27.3 Å². The number of benzene rings is 2. The smallest absolute Gasteiger partial charge is 0.268 e. The summed E-state index contributed by atoms with van der Waals surface area (Å²) in [4.78, 5) is 13.1. The highest BCUT2D eigenvalue weighted by Gasteiger charge is 2.32. The summed E-state index contributed by atoms with van der Waals surface area (Å²) in [6.45, 7) is 11.0. The molecule has 1 aromatic heterocycles. The molecular weight excluding hydrogens is 436 g/mol. The van der Waals surface area contributed by atoms with E-state index >= 15 is 0 Å². The van der Waals surface area contributed by atoms with Gasteiger partial charge in [-0.25, -0.2) is 8.42 Å². The number of sulfonamides is 1. The van der Waals surface area contributed by atoms with Gasteiger partial charge in [0.15, 0.2) is 0 Å². The molecule has 176 valence electrons. The first-order valence-corrected chi connectivity index (χ1v) is 12.3. The van der Waals surface area contributed by atoms with Crippen LogP contribution in [0.15, 0.2) is 47.4 Å². The Morgan fingerprint density at radius 2 is 1.61 bits per heavy atom. The maximum atomic E-state index is 13.8. The minimum Gasteiger partial charge on any atom is -0.325 e. The molecule has 0 saturated heterocycles. The molecular formula is C25H32N4O3S. The van der Waals surface area contributed by atoms with Gasteiger partial charge in [0.2, 0.25) is 5.91 Å². The summed E-state index contributed by atoms with van der Waals surface area (Å²) in [7, 11) is -2.34. The Labute approximate surface area is 196 Å². The summed E-state index contributed by atoms with van der Waals surface area (Å²) in [5, 5.41) is 7.10. The molecule has 0 aliphatic carbocycles. The summed E-state index contributed by atoms with van der Waals surface area (Å²) in [5.74, 6) is -0.0415. The van der Waals surface area contributed by atoms with Gasteiger partial charge in [-0.2, -0.15) is 5.10 Å². The molecule has 0 aliphatic heterocycles. The third-order valence-electron chi connectivity index (χ3n) is 5.63. The number of anilines is 2. The van der Waals surface area contributed by atoms with Crippen molar-refractivity contribution in [3.63, 3.8) is 0 Å². The first-order chi connectivity index (χ1) is 15.4. The van der Waals surface area contributed by atoms with Crippen molar-refractivity contribution in [1.82, 2.24) is 9.78 Å². The molecule has 0 saturated carbocycles. The fourth-order valence-electron chi connectivity index (χ4n) is 3.93. The third-order valence-corrected chi connectivity index (χ3v) is 7.66. The van der Waals surface area contributed by atoms with E-state index in [-0.39, 0.29) is 11.4 Å². The highest BCUT2D eigenvalue weighted by atomic mass is 32.2. The number of hydrogen-bond acceptors (Lipinski definition) is 4. The van der Waals surface area contributed by atoms with Crippen LogP contribution < -0.4 is 9.62 Å². The van der Waals surface area contributed by atoms with E-state index < -0.39 is 15.9 Å². The molecule has 2 aromatic carbocycles. The highest BCUT2D eigenvalue weighted by molar-refractivity contribution is 7.93. The number of carbonyl (C=O) groups is 1. The largest absolute Gasteiger partial charge is 0.325 e. The second-order valence-electron chi connectivity index (χ2n) is 8.81. The summed E-state index contributed by atoms with van der Waals surface area (Å²) in [6.07, 6.45) is 0. The van der Waals surface area contributed by atoms with Crippen LogP contribution in [-0.4, -0.2) is 30.7 Å². The Hall–Kier alpha value is -3.13. The lowest BCUT2D eigenvalue weighted by Crippen LogP contribution is -2.38. The molecule has 33 heavy (non-hydrogen) atoms. The van der Waals surface area contributed by atoms with Crippen molar-refractivity contribution in [3.05, 3.63) is 70.5 Å². The van der Waals surface area contributed by atoms with Crippen LogP contribution in [0.2, 0.25) is 0 Å². The Morgan fingerprint density at radius 1 is 1.03 bits per heavy atom. The highest BCUT2D eigenvalue weighted by Crippen LogP contribution is 2.29. The predicted molar refractivity (Wildman–Crippen MR) is 132 cm³/mol. The number of nitrogens with zero attached hydrogens (tertiary/aromatic N) is 3. The predicted octanol–water partition coefficient (Wildman–Crippen LogP) is 4.61. The Balaban J connectivity index is 1.99. The van der Waals surface area contributed by atoms with Crippen molar-refractivity contribution < 1.29 is 13.2 Å². The van der Waals surface area contributed by atoms with Crippen LogP contribution in [0.3, 0.4) is 0 Å². The average molecular weight is 469 g/mol. The van der Waals surface area contributed by atoms with E-state index in [1.807, 2.05) is 44.2 Å².